The molecule has 140 valence electrons. The summed E-state index contributed by atoms with van der Waals surface area (Å²) in [5, 5.41) is 0. The number of hydrogen-bond donors (Lipinski definition) is 0. The smallest absolute Gasteiger partial charge is 0.163 e. The molecule has 0 saturated heterocycles. The summed E-state index contributed by atoms with van der Waals surface area (Å²) in [6.07, 6.45) is 3.69. The predicted molar refractivity (Wildman–Crippen MR) is 108 cm³/mol. The highest BCUT2D eigenvalue weighted by Gasteiger charge is 2.36. The second-order valence-corrected chi connectivity index (χ2v) is 6.77. The van der Waals surface area contributed by atoms with Crippen molar-refractivity contribution in [1.29, 1.82) is 0 Å². The van der Waals surface area contributed by atoms with Gasteiger partial charge >= 0.3 is 0 Å². The minimum absolute atomic E-state index is 0.226. The number of ether oxygens (including phenoxy) is 3. The van der Waals surface area contributed by atoms with E-state index >= 15 is 0 Å². The molecule has 0 N–H and O–H groups in total. The second-order valence-electron chi connectivity index (χ2n) is 6.77. The molecule has 2 aromatic carbocycles. The molecule has 1 aromatic heterocycles. The summed E-state index contributed by atoms with van der Waals surface area (Å²) in [4.78, 5) is 6.81. The molecule has 1 unspecified atom stereocenters. The van der Waals surface area contributed by atoms with Crippen molar-refractivity contribution in [3.63, 3.8) is 0 Å². The fraction of sp³-hybridized carbons (Fsp3) is 0.174. The quantitative estimate of drug-likeness (QED) is 0.670. The molecule has 2 aliphatic rings. The van der Waals surface area contributed by atoms with E-state index in [1.807, 2.05) is 36.5 Å². The highest BCUT2D eigenvalue weighted by atomic mass is 16.5. The van der Waals surface area contributed by atoms with Gasteiger partial charge in [-0.05, 0) is 30.3 Å². The number of anilines is 1. The van der Waals surface area contributed by atoms with E-state index in [0.717, 1.165) is 45.3 Å². The van der Waals surface area contributed by atoms with E-state index in [2.05, 4.69) is 40.2 Å². The first kappa shape index (κ1) is 16.8. The van der Waals surface area contributed by atoms with Crippen molar-refractivity contribution in [3.05, 3.63) is 83.2 Å². The number of hydrogen-bond acceptors (Lipinski definition) is 5. The summed E-state index contributed by atoms with van der Waals surface area (Å²) in [5.74, 6) is 1.48. The van der Waals surface area contributed by atoms with E-state index in [4.69, 9.17) is 14.2 Å². The monoisotopic (exact) mass is 372 g/mol. The maximum Gasteiger partial charge on any atom is 0.163 e. The summed E-state index contributed by atoms with van der Waals surface area (Å²) in [7, 11) is 3.32. The summed E-state index contributed by atoms with van der Waals surface area (Å²) in [6, 6.07) is 18.3. The van der Waals surface area contributed by atoms with Crippen LogP contribution in [0.25, 0.3) is 11.8 Å². The number of rotatable bonds is 3. The lowest BCUT2D eigenvalue weighted by Gasteiger charge is -2.42. The predicted octanol–water partition coefficient (Wildman–Crippen LogP) is 4.65. The molecule has 0 spiro atoms. The SMILES string of the molecule is COc1cc(OC)cc(C2=Cc3ncccc3C3OCc4ccccc4N23)c1. The van der Waals surface area contributed by atoms with Gasteiger partial charge in [0.15, 0.2) is 6.23 Å². The number of aromatic nitrogens is 1. The van der Waals surface area contributed by atoms with Crippen molar-refractivity contribution in [2.75, 3.05) is 19.1 Å². The van der Waals surface area contributed by atoms with E-state index in [9.17, 15) is 0 Å². The maximum absolute atomic E-state index is 6.28. The Balaban J connectivity index is 1.75. The van der Waals surface area contributed by atoms with Gasteiger partial charge in [0.2, 0.25) is 0 Å². The minimum Gasteiger partial charge on any atom is -0.497 e. The number of para-hydroxylation sites is 1. The molecule has 0 radical (unpaired) electrons. The van der Waals surface area contributed by atoms with Crippen LogP contribution < -0.4 is 14.4 Å². The molecule has 2 aliphatic heterocycles. The molecule has 1 atom stereocenters. The first-order chi connectivity index (χ1) is 13.8. The molecule has 0 amide bonds. The molecular weight excluding hydrogens is 352 g/mol. The number of benzene rings is 2. The van der Waals surface area contributed by atoms with Gasteiger partial charge in [0.25, 0.3) is 0 Å². The highest BCUT2D eigenvalue weighted by molar-refractivity contribution is 5.94. The Labute approximate surface area is 163 Å². The molecule has 5 rings (SSSR count). The minimum atomic E-state index is -0.226. The Kier molecular flexibility index (Phi) is 4.02. The fourth-order valence-electron chi connectivity index (χ4n) is 3.86. The van der Waals surface area contributed by atoms with Crippen molar-refractivity contribution in [3.8, 4) is 11.5 Å². The van der Waals surface area contributed by atoms with Crippen molar-refractivity contribution in [1.82, 2.24) is 4.98 Å². The largest absolute Gasteiger partial charge is 0.497 e. The summed E-state index contributed by atoms with van der Waals surface area (Å²) in [6.45, 7) is 0.570. The van der Waals surface area contributed by atoms with E-state index in [-0.39, 0.29) is 6.23 Å². The maximum atomic E-state index is 6.28. The van der Waals surface area contributed by atoms with Gasteiger partial charge < -0.3 is 19.1 Å². The standard InChI is InChI=1S/C23H20N2O3/c1-26-17-10-16(11-18(12-17)27-2)22-13-20-19(7-5-9-24-20)23-25(22)21-8-4-3-6-15(21)14-28-23/h3-13,23H,14H2,1-2H3. The fourth-order valence-corrected chi connectivity index (χ4v) is 3.86. The lowest BCUT2D eigenvalue weighted by molar-refractivity contribution is 0.0341. The van der Waals surface area contributed by atoms with Crippen LogP contribution in [0.5, 0.6) is 11.5 Å². The summed E-state index contributed by atoms with van der Waals surface area (Å²) >= 11 is 0. The molecule has 3 heterocycles. The van der Waals surface area contributed by atoms with Crippen LogP contribution in [0.3, 0.4) is 0 Å². The Bertz CT molecular complexity index is 1050. The average Bonchev–Trinajstić information content (AvgIpc) is 2.77. The van der Waals surface area contributed by atoms with E-state index in [1.54, 1.807) is 14.2 Å². The van der Waals surface area contributed by atoms with Crippen molar-refractivity contribution >= 4 is 17.5 Å². The van der Waals surface area contributed by atoms with E-state index in [0.29, 0.717) is 6.61 Å². The van der Waals surface area contributed by atoms with Gasteiger partial charge in [-0.2, -0.15) is 0 Å². The summed E-state index contributed by atoms with van der Waals surface area (Å²) < 4.78 is 17.3. The van der Waals surface area contributed by atoms with E-state index < -0.39 is 0 Å². The third-order valence-corrected chi connectivity index (χ3v) is 5.20. The molecule has 28 heavy (non-hydrogen) atoms. The van der Waals surface area contributed by atoms with Crippen LogP contribution in [0.4, 0.5) is 5.69 Å². The van der Waals surface area contributed by atoms with Crippen LogP contribution in [0.15, 0.2) is 60.8 Å². The third kappa shape index (κ3) is 2.63. The van der Waals surface area contributed by atoms with Gasteiger partial charge in [-0.1, -0.05) is 24.3 Å². The number of methoxy groups -OCH3 is 2. The zero-order valence-electron chi connectivity index (χ0n) is 15.8. The van der Waals surface area contributed by atoms with E-state index in [1.165, 1.54) is 0 Å². The Morgan fingerprint density at radius 2 is 1.79 bits per heavy atom. The molecule has 0 bridgehead atoms. The zero-order chi connectivity index (χ0) is 19.1. The topological polar surface area (TPSA) is 43.8 Å². The lowest BCUT2D eigenvalue weighted by atomic mass is 9.97. The van der Waals surface area contributed by atoms with Gasteiger partial charge in [-0.3, -0.25) is 4.98 Å². The lowest BCUT2D eigenvalue weighted by Crippen LogP contribution is -2.36. The van der Waals surface area contributed by atoms with Crippen LogP contribution >= 0.6 is 0 Å². The van der Waals surface area contributed by atoms with Gasteiger partial charge in [0.05, 0.1) is 32.2 Å². The number of fused-ring (bicyclic) bond motifs is 5. The molecule has 0 aliphatic carbocycles. The van der Waals surface area contributed by atoms with Gasteiger partial charge in [0, 0.05) is 34.6 Å². The number of nitrogens with zero attached hydrogens (tertiary/aromatic N) is 2. The van der Waals surface area contributed by atoms with Gasteiger partial charge in [0.1, 0.15) is 11.5 Å². The first-order valence-corrected chi connectivity index (χ1v) is 9.17. The molecule has 5 heteroatoms. The van der Waals surface area contributed by atoms with Crippen molar-refractivity contribution < 1.29 is 14.2 Å². The number of pyridine rings is 1. The third-order valence-electron chi connectivity index (χ3n) is 5.20. The summed E-state index contributed by atoms with van der Waals surface area (Å²) in [5.41, 5.74) is 6.27. The molecule has 3 aromatic rings. The Morgan fingerprint density at radius 3 is 2.57 bits per heavy atom. The highest BCUT2D eigenvalue weighted by Crippen LogP contribution is 2.47. The van der Waals surface area contributed by atoms with Crippen LogP contribution in [0.2, 0.25) is 0 Å². The van der Waals surface area contributed by atoms with Crippen LogP contribution in [0, 0.1) is 0 Å². The molecular formula is C23H20N2O3. The Morgan fingerprint density at radius 1 is 1.00 bits per heavy atom. The van der Waals surface area contributed by atoms with Crippen LogP contribution in [0.1, 0.15) is 28.6 Å². The van der Waals surface area contributed by atoms with Crippen LogP contribution in [-0.4, -0.2) is 19.2 Å². The normalized spacial score (nSPS) is 17.1. The van der Waals surface area contributed by atoms with Gasteiger partial charge in [-0.25, -0.2) is 0 Å². The van der Waals surface area contributed by atoms with Crippen molar-refractivity contribution in [2.45, 2.75) is 12.8 Å². The van der Waals surface area contributed by atoms with Crippen LogP contribution in [-0.2, 0) is 11.3 Å². The molecule has 5 nitrogen and oxygen atoms in total. The Hall–Kier alpha value is -3.31. The van der Waals surface area contributed by atoms with Crippen molar-refractivity contribution in [2.24, 2.45) is 0 Å². The zero-order valence-corrected chi connectivity index (χ0v) is 15.8. The average molecular weight is 372 g/mol. The molecule has 0 fully saturated rings. The second kappa shape index (κ2) is 6.69. The molecule has 0 saturated carbocycles. The first-order valence-electron chi connectivity index (χ1n) is 9.17. The van der Waals surface area contributed by atoms with Gasteiger partial charge in [-0.15, -0.1) is 0 Å².